The van der Waals surface area contributed by atoms with Gasteiger partial charge in [-0.1, -0.05) is 6.07 Å². The van der Waals surface area contributed by atoms with E-state index in [9.17, 15) is 0 Å². The average Bonchev–Trinajstić information content (AvgIpc) is 1.86. The van der Waals surface area contributed by atoms with E-state index in [1.807, 2.05) is 0 Å². The number of rotatable bonds is 0. The fourth-order valence-corrected chi connectivity index (χ4v) is 0.890. The molecule has 1 aromatic rings. The Labute approximate surface area is 52.4 Å². The highest BCUT2D eigenvalue weighted by molar-refractivity contribution is 7.09. The zero-order valence-corrected chi connectivity index (χ0v) is 5.46. The van der Waals surface area contributed by atoms with Crippen molar-refractivity contribution in [2.75, 3.05) is 0 Å². The third kappa shape index (κ3) is 2.74. The zero-order chi connectivity index (χ0) is 4.41. The zero-order valence-electron chi connectivity index (χ0n) is 4.64. The molecule has 3 heteroatoms. The third-order valence-corrected chi connectivity index (χ3v) is 1.46. The topological polar surface area (TPSA) is 63.0 Å². The summed E-state index contributed by atoms with van der Waals surface area (Å²) in [5, 5.41) is 2.08. The van der Waals surface area contributed by atoms with Gasteiger partial charge in [0.25, 0.3) is 0 Å². The molecule has 0 saturated heterocycles. The minimum Gasteiger partial charge on any atom is -0.412 e. The Hall–Kier alpha value is -0.380. The van der Waals surface area contributed by atoms with Crippen LogP contribution in [0.15, 0.2) is 17.5 Å². The summed E-state index contributed by atoms with van der Waals surface area (Å²) >= 11 is 1.78. The number of thiophene rings is 1. The minimum atomic E-state index is 0. The van der Waals surface area contributed by atoms with Crippen molar-refractivity contribution in [2.45, 2.75) is 6.92 Å². The van der Waals surface area contributed by atoms with E-state index < -0.39 is 0 Å². The lowest BCUT2D eigenvalue weighted by molar-refractivity contribution is 0.823. The molecule has 1 aromatic heterocycles. The molecule has 0 aliphatic carbocycles. The minimum absolute atomic E-state index is 0. The largest absolute Gasteiger partial charge is 0.412 e. The van der Waals surface area contributed by atoms with Gasteiger partial charge in [-0.3, -0.25) is 0 Å². The SMILES string of the molecule is Cc1cccs1.O.O. The molecule has 0 unspecified atom stereocenters. The average molecular weight is 134 g/mol. The number of hydrogen-bond acceptors (Lipinski definition) is 1. The Bertz CT molecular complexity index is 114. The lowest BCUT2D eigenvalue weighted by Crippen LogP contribution is -1.42. The molecule has 0 fully saturated rings. The smallest absolute Gasteiger partial charge is 0.00141 e. The van der Waals surface area contributed by atoms with Gasteiger partial charge in [-0.2, -0.15) is 0 Å². The van der Waals surface area contributed by atoms with Crippen molar-refractivity contribution in [3.8, 4) is 0 Å². The molecule has 0 saturated carbocycles. The van der Waals surface area contributed by atoms with Gasteiger partial charge in [0.15, 0.2) is 0 Å². The molecule has 0 amide bonds. The van der Waals surface area contributed by atoms with Gasteiger partial charge in [0.1, 0.15) is 0 Å². The predicted molar refractivity (Wildman–Crippen MR) is 36.3 cm³/mol. The Morgan fingerprint density at radius 3 is 2.12 bits per heavy atom. The third-order valence-electron chi connectivity index (χ3n) is 0.663. The quantitative estimate of drug-likeness (QED) is 0.493. The summed E-state index contributed by atoms with van der Waals surface area (Å²) < 4.78 is 0. The lowest BCUT2D eigenvalue weighted by atomic mass is 10.5. The van der Waals surface area contributed by atoms with Gasteiger partial charge in [-0.15, -0.1) is 11.3 Å². The Morgan fingerprint density at radius 2 is 2.00 bits per heavy atom. The molecule has 0 spiro atoms. The van der Waals surface area contributed by atoms with Gasteiger partial charge in [-0.25, -0.2) is 0 Å². The Kier molecular flexibility index (Phi) is 6.31. The summed E-state index contributed by atoms with van der Waals surface area (Å²) in [6, 6.07) is 4.16. The molecule has 2 nitrogen and oxygen atoms in total. The van der Waals surface area contributed by atoms with Crippen molar-refractivity contribution < 1.29 is 11.0 Å². The molecule has 4 N–H and O–H groups in total. The van der Waals surface area contributed by atoms with Crippen LogP contribution in [0.3, 0.4) is 0 Å². The second kappa shape index (κ2) is 4.77. The van der Waals surface area contributed by atoms with Gasteiger partial charge in [0, 0.05) is 4.88 Å². The van der Waals surface area contributed by atoms with Crippen LogP contribution in [-0.4, -0.2) is 11.0 Å². The van der Waals surface area contributed by atoms with Crippen molar-refractivity contribution in [1.29, 1.82) is 0 Å². The summed E-state index contributed by atoms with van der Waals surface area (Å²) in [5.74, 6) is 0. The van der Waals surface area contributed by atoms with Gasteiger partial charge in [0.05, 0.1) is 0 Å². The van der Waals surface area contributed by atoms with E-state index in [1.54, 1.807) is 11.3 Å². The van der Waals surface area contributed by atoms with Crippen LogP contribution in [0.4, 0.5) is 0 Å². The molecule has 0 aliphatic heterocycles. The molecule has 8 heavy (non-hydrogen) atoms. The first kappa shape index (κ1) is 10.6. The van der Waals surface area contributed by atoms with Crippen LogP contribution in [-0.2, 0) is 0 Å². The highest BCUT2D eigenvalue weighted by Gasteiger charge is 1.74. The first-order valence-electron chi connectivity index (χ1n) is 1.90. The molecular formula is C5H10O2S. The van der Waals surface area contributed by atoms with E-state index in [-0.39, 0.29) is 11.0 Å². The van der Waals surface area contributed by atoms with E-state index in [0.29, 0.717) is 0 Å². The van der Waals surface area contributed by atoms with E-state index in [2.05, 4.69) is 24.4 Å². The van der Waals surface area contributed by atoms with E-state index in [1.165, 1.54) is 4.88 Å². The first-order valence-corrected chi connectivity index (χ1v) is 2.77. The predicted octanol–water partition coefficient (Wildman–Crippen LogP) is 0.407. The summed E-state index contributed by atoms with van der Waals surface area (Å²) in [5.41, 5.74) is 0. The maximum atomic E-state index is 2.10. The van der Waals surface area contributed by atoms with Gasteiger partial charge >= 0.3 is 0 Å². The normalized spacial score (nSPS) is 6.62. The molecule has 0 radical (unpaired) electrons. The summed E-state index contributed by atoms with van der Waals surface area (Å²) in [6.45, 7) is 2.10. The first-order chi connectivity index (χ1) is 2.89. The highest BCUT2D eigenvalue weighted by Crippen LogP contribution is 2.03. The van der Waals surface area contributed by atoms with Crippen molar-refractivity contribution in [3.05, 3.63) is 22.4 Å². The van der Waals surface area contributed by atoms with Crippen LogP contribution in [0.2, 0.25) is 0 Å². The van der Waals surface area contributed by atoms with E-state index in [0.717, 1.165) is 0 Å². The Balaban J connectivity index is 0. The van der Waals surface area contributed by atoms with Crippen LogP contribution < -0.4 is 0 Å². The second-order valence-electron chi connectivity index (χ2n) is 1.22. The molecule has 1 rings (SSSR count). The van der Waals surface area contributed by atoms with Gasteiger partial charge in [0.2, 0.25) is 0 Å². The van der Waals surface area contributed by atoms with Crippen molar-refractivity contribution in [1.82, 2.24) is 0 Å². The molecule has 0 bridgehead atoms. The molecule has 0 atom stereocenters. The monoisotopic (exact) mass is 134 g/mol. The van der Waals surface area contributed by atoms with Crippen LogP contribution in [0.5, 0.6) is 0 Å². The lowest BCUT2D eigenvalue weighted by Gasteiger charge is -1.65. The van der Waals surface area contributed by atoms with Crippen LogP contribution in [0.1, 0.15) is 4.88 Å². The molecule has 0 aromatic carbocycles. The van der Waals surface area contributed by atoms with E-state index >= 15 is 0 Å². The number of hydrogen-bond donors (Lipinski definition) is 0. The molecule has 0 aliphatic rings. The molecular weight excluding hydrogens is 124 g/mol. The molecule has 1 heterocycles. The van der Waals surface area contributed by atoms with Gasteiger partial charge < -0.3 is 11.0 Å². The van der Waals surface area contributed by atoms with Crippen LogP contribution >= 0.6 is 11.3 Å². The summed E-state index contributed by atoms with van der Waals surface area (Å²) in [7, 11) is 0. The van der Waals surface area contributed by atoms with Crippen molar-refractivity contribution in [2.24, 2.45) is 0 Å². The maximum Gasteiger partial charge on any atom is 0.00141 e. The summed E-state index contributed by atoms with van der Waals surface area (Å²) in [6.07, 6.45) is 0. The standard InChI is InChI=1S/C5H6S.2H2O/c1-5-3-2-4-6-5;;/h2-4H,1H3;2*1H2. The van der Waals surface area contributed by atoms with Gasteiger partial charge in [-0.05, 0) is 18.4 Å². The van der Waals surface area contributed by atoms with Crippen molar-refractivity contribution >= 4 is 11.3 Å². The van der Waals surface area contributed by atoms with Crippen LogP contribution in [0, 0.1) is 6.92 Å². The highest BCUT2D eigenvalue weighted by atomic mass is 32.1. The van der Waals surface area contributed by atoms with Crippen molar-refractivity contribution in [3.63, 3.8) is 0 Å². The number of aryl methyl sites for hydroxylation is 1. The second-order valence-corrected chi connectivity index (χ2v) is 2.38. The summed E-state index contributed by atoms with van der Waals surface area (Å²) in [4.78, 5) is 1.38. The van der Waals surface area contributed by atoms with E-state index in [4.69, 9.17) is 0 Å². The maximum absolute atomic E-state index is 2.10. The fraction of sp³-hybridized carbons (Fsp3) is 0.200. The van der Waals surface area contributed by atoms with Crippen LogP contribution in [0.25, 0.3) is 0 Å². The Morgan fingerprint density at radius 1 is 1.38 bits per heavy atom. The fourth-order valence-electron chi connectivity index (χ4n) is 0.361. The molecule has 48 valence electrons.